The van der Waals surface area contributed by atoms with E-state index in [1.807, 2.05) is 11.8 Å². The highest BCUT2D eigenvalue weighted by Gasteiger charge is 2.33. The van der Waals surface area contributed by atoms with Gasteiger partial charge in [-0.2, -0.15) is 11.8 Å². The topological polar surface area (TPSA) is 49.4 Å². The van der Waals surface area contributed by atoms with Crippen molar-refractivity contribution in [3.05, 3.63) is 0 Å². The molecule has 1 saturated heterocycles. The van der Waals surface area contributed by atoms with Crippen LogP contribution in [0, 0.1) is 0 Å². The third-order valence-corrected chi connectivity index (χ3v) is 6.16. The fourth-order valence-electron chi connectivity index (χ4n) is 1.56. The molecule has 7 heteroatoms. The van der Waals surface area contributed by atoms with Gasteiger partial charge in [0.05, 0.1) is 0 Å². The van der Waals surface area contributed by atoms with E-state index in [-0.39, 0.29) is 5.75 Å². The van der Waals surface area contributed by atoms with Gasteiger partial charge in [0.1, 0.15) is 5.37 Å². The van der Waals surface area contributed by atoms with Gasteiger partial charge in [-0.05, 0) is 19.1 Å². The van der Waals surface area contributed by atoms with E-state index in [1.54, 1.807) is 18.7 Å². The number of thiocarbonyl (C=S) groups is 1. The van der Waals surface area contributed by atoms with Crippen LogP contribution in [0.25, 0.3) is 0 Å². The van der Waals surface area contributed by atoms with Crippen molar-refractivity contribution in [2.45, 2.75) is 19.2 Å². The van der Waals surface area contributed by atoms with Crippen molar-refractivity contribution in [3.63, 3.8) is 0 Å². The lowest BCUT2D eigenvalue weighted by Gasteiger charge is -2.36. The van der Waals surface area contributed by atoms with Gasteiger partial charge in [0, 0.05) is 30.3 Å². The first-order valence-electron chi connectivity index (χ1n) is 5.36. The summed E-state index contributed by atoms with van der Waals surface area (Å²) in [6.07, 6.45) is 0. The first-order valence-corrected chi connectivity index (χ1v) is 8.64. The number of sulfone groups is 1. The molecule has 1 rings (SSSR count). The highest BCUT2D eigenvalue weighted by molar-refractivity contribution is 8.01. The van der Waals surface area contributed by atoms with Crippen LogP contribution in [-0.4, -0.2) is 54.2 Å². The lowest BCUT2D eigenvalue weighted by molar-refractivity contribution is 0.404. The standard InChI is InChI=1S/C9H18N2O2S3/c1-3-10-9(14)11-5-6-15-7-8(11)16(12,13)4-2/h8H,3-7H2,1-2H3,(H,10,14). The van der Waals surface area contributed by atoms with Crippen LogP contribution < -0.4 is 5.32 Å². The Kier molecular flexibility index (Phi) is 5.33. The molecule has 0 saturated carbocycles. The van der Waals surface area contributed by atoms with E-state index in [1.165, 1.54) is 0 Å². The lowest BCUT2D eigenvalue weighted by Crippen LogP contribution is -2.53. The smallest absolute Gasteiger partial charge is 0.171 e. The van der Waals surface area contributed by atoms with Crippen LogP contribution in [0.4, 0.5) is 0 Å². The minimum Gasteiger partial charge on any atom is -0.363 e. The molecule has 0 aliphatic carbocycles. The monoisotopic (exact) mass is 282 g/mol. The zero-order chi connectivity index (χ0) is 12.2. The van der Waals surface area contributed by atoms with Crippen molar-refractivity contribution in [1.82, 2.24) is 10.2 Å². The normalized spacial score (nSPS) is 21.9. The Balaban J connectivity index is 2.83. The van der Waals surface area contributed by atoms with Gasteiger partial charge in [-0.3, -0.25) is 0 Å². The molecule has 0 spiro atoms. The molecule has 1 N–H and O–H groups in total. The van der Waals surface area contributed by atoms with Crippen LogP contribution >= 0.6 is 24.0 Å². The summed E-state index contributed by atoms with van der Waals surface area (Å²) in [6, 6.07) is 0. The van der Waals surface area contributed by atoms with E-state index in [0.717, 1.165) is 12.3 Å². The van der Waals surface area contributed by atoms with Crippen LogP contribution in [0.1, 0.15) is 13.8 Å². The second-order valence-electron chi connectivity index (χ2n) is 3.51. The van der Waals surface area contributed by atoms with E-state index in [4.69, 9.17) is 12.2 Å². The van der Waals surface area contributed by atoms with Gasteiger partial charge >= 0.3 is 0 Å². The van der Waals surface area contributed by atoms with Crippen LogP contribution in [0.15, 0.2) is 0 Å². The number of hydrogen-bond donors (Lipinski definition) is 1. The molecule has 0 aromatic heterocycles. The molecule has 0 aromatic rings. The largest absolute Gasteiger partial charge is 0.363 e. The molecule has 0 amide bonds. The van der Waals surface area contributed by atoms with Crippen LogP contribution in [0.3, 0.4) is 0 Å². The predicted molar refractivity (Wildman–Crippen MR) is 73.6 cm³/mol. The Morgan fingerprint density at radius 3 is 2.81 bits per heavy atom. The summed E-state index contributed by atoms with van der Waals surface area (Å²) >= 11 is 6.88. The predicted octanol–water partition coefficient (Wildman–Crippen LogP) is 0.690. The number of nitrogens with zero attached hydrogens (tertiary/aromatic N) is 1. The number of nitrogens with one attached hydrogen (secondary N) is 1. The molecule has 1 fully saturated rings. The van der Waals surface area contributed by atoms with E-state index in [2.05, 4.69) is 5.32 Å². The van der Waals surface area contributed by atoms with E-state index >= 15 is 0 Å². The fraction of sp³-hybridized carbons (Fsp3) is 0.889. The molecule has 0 radical (unpaired) electrons. The van der Waals surface area contributed by atoms with Crippen molar-refractivity contribution >= 4 is 38.9 Å². The first-order chi connectivity index (χ1) is 7.53. The van der Waals surface area contributed by atoms with Crippen LogP contribution in [-0.2, 0) is 9.84 Å². The molecule has 0 bridgehead atoms. The zero-order valence-electron chi connectivity index (χ0n) is 9.60. The van der Waals surface area contributed by atoms with Gasteiger partial charge in [-0.15, -0.1) is 0 Å². The molecule has 1 aliphatic rings. The fourth-order valence-corrected chi connectivity index (χ4v) is 4.96. The van der Waals surface area contributed by atoms with E-state index in [0.29, 0.717) is 17.4 Å². The Hall–Kier alpha value is -0.0100. The van der Waals surface area contributed by atoms with Crippen LogP contribution in [0.5, 0.6) is 0 Å². The summed E-state index contributed by atoms with van der Waals surface area (Å²) in [5.41, 5.74) is 0. The van der Waals surface area contributed by atoms with Gasteiger partial charge in [-0.25, -0.2) is 8.42 Å². The molecule has 94 valence electrons. The summed E-state index contributed by atoms with van der Waals surface area (Å²) in [7, 11) is -3.06. The maximum absolute atomic E-state index is 11.9. The molecule has 1 aliphatic heterocycles. The summed E-state index contributed by atoms with van der Waals surface area (Å²) in [5, 5.41) is 3.13. The number of rotatable bonds is 3. The number of thioether (sulfide) groups is 1. The molecular formula is C9H18N2O2S3. The quantitative estimate of drug-likeness (QED) is 0.769. The third kappa shape index (κ3) is 3.24. The van der Waals surface area contributed by atoms with Gasteiger partial charge < -0.3 is 10.2 Å². The van der Waals surface area contributed by atoms with E-state index < -0.39 is 15.2 Å². The molecule has 1 unspecified atom stereocenters. The van der Waals surface area contributed by atoms with E-state index in [9.17, 15) is 8.42 Å². The lowest BCUT2D eigenvalue weighted by atomic mass is 10.5. The Morgan fingerprint density at radius 1 is 1.56 bits per heavy atom. The van der Waals surface area contributed by atoms with Gasteiger partial charge in [0.15, 0.2) is 14.9 Å². The highest BCUT2D eigenvalue weighted by Crippen LogP contribution is 2.21. The maximum atomic E-state index is 11.9. The molecule has 4 nitrogen and oxygen atoms in total. The SMILES string of the molecule is CCNC(=S)N1CCSCC1S(=O)(=O)CC. The molecule has 1 atom stereocenters. The second kappa shape index (κ2) is 6.07. The highest BCUT2D eigenvalue weighted by atomic mass is 32.2. The molecular weight excluding hydrogens is 264 g/mol. The second-order valence-corrected chi connectivity index (χ2v) is 7.49. The zero-order valence-corrected chi connectivity index (χ0v) is 12.1. The van der Waals surface area contributed by atoms with Crippen molar-refractivity contribution in [2.24, 2.45) is 0 Å². The summed E-state index contributed by atoms with van der Waals surface area (Å²) < 4.78 is 23.9. The minimum atomic E-state index is -3.06. The summed E-state index contributed by atoms with van der Waals surface area (Å²) in [6.45, 7) is 5.07. The van der Waals surface area contributed by atoms with Gasteiger partial charge in [0.2, 0.25) is 0 Å². The Bertz CT molecular complexity index is 343. The van der Waals surface area contributed by atoms with Crippen molar-refractivity contribution < 1.29 is 8.42 Å². The average Bonchev–Trinajstić information content (AvgIpc) is 2.29. The summed E-state index contributed by atoms with van der Waals surface area (Å²) in [4.78, 5) is 1.81. The van der Waals surface area contributed by atoms with Crippen molar-refractivity contribution in [2.75, 3.05) is 30.3 Å². The third-order valence-electron chi connectivity index (χ3n) is 2.49. The average molecular weight is 282 g/mol. The van der Waals surface area contributed by atoms with Gasteiger partial charge in [0.25, 0.3) is 0 Å². The Labute approximate surface area is 107 Å². The maximum Gasteiger partial charge on any atom is 0.171 e. The molecule has 16 heavy (non-hydrogen) atoms. The van der Waals surface area contributed by atoms with Crippen molar-refractivity contribution in [1.29, 1.82) is 0 Å². The summed E-state index contributed by atoms with van der Waals surface area (Å²) in [5.74, 6) is 1.71. The Morgan fingerprint density at radius 2 is 2.25 bits per heavy atom. The molecule has 0 aromatic carbocycles. The van der Waals surface area contributed by atoms with Crippen LogP contribution in [0.2, 0.25) is 0 Å². The van der Waals surface area contributed by atoms with Crippen molar-refractivity contribution in [3.8, 4) is 0 Å². The first kappa shape index (κ1) is 14.1. The van der Waals surface area contributed by atoms with Gasteiger partial charge in [-0.1, -0.05) is 6.92 Å². The molecule has 1 heterocycles. The number of hydrogen-bond acceptors (Lipinski definition) is 4. The minimum absolute atomic E-state index is 0.170.